The molecule has 0 amide bonds. The van der Waals surface area contributed by atoms with Crippen LogP contribution in [0.1, 0.15) is 11.1 Å². The highest BCUT2D eigenvalue weighted by molar-refractivity contribution is 9.10. The van der Waals surface area contributed by atoms with Crippen LogP contribution in [0.15, 0.2) is 34.9 Å². The Bertz CT molecular complexity index is 731. The molecular weight excluding hydrogens is 290 g/mol. The van der Waals surface area contributed by atoms with E-state index in [2.05, 4.69) is 56.9 Å². The molecule has 0 aliphatic rings. The van der Waals surface area contributed by atoms with Crippen molar-refractivity contribution in [2.75, 3.05) is 0 Å². The molecule has 3 rings (SSSR count). The Labute approximate surface area is 113 Å². The van der Waals surface area contributed by atoms with Crippen molar-refractivity contribution in [1.29, 1.82) is 0 Å². The number of nitrogens with zero attached hydrogens (tertiary/aromatic N) is 2. The summed E-state index contributed by atoms with van der Waals surface area (Å²) in [6, 6.07) is 8.16. The minimum absolute atomic E-state index is 0.771. The predicted octanol–water partition coefficient (Wildman–Crippen LogP) is 4.00. The second-order valence-electron chi connectivity index (χ2n) is 4.37. The highest BCUT2D eigenvalue weighted by Crippen LogP contribution is 2.26. The zero-order valence-electron chi connectivity index (χ0n) is 10.2. The first-order valence-corrected chi connectivity index (χ1v) is 6.52. The molecule has 2 aromatic heterocycles. The molecule has 90 valence electrons. The SMILES string of the molecule is Cc1cc(Br)ccc1-c1nc2nccc(C)c2[nH]1. The Balaban J connectivity index is 2.23. The van der Waals surface area contributed by atoms with Gasteiger partial charge in [0.05, 0.1) is 5.52 Å². The molecule has 0 bridgehead atoms. The monoisotopic (exact) mass is 301 g/mol. The minimum Gasteiger partial charge on any atom is -0.336 e. The maximum absolute atomic E-state index is 4.55. The van der Waals surface area contributed by atoms with Crippen LogP contribution in [0.5, 0.6) is 0 Å². The quantitative estimate of drug-likeness (QED) is 0.738. The molecule has 0 radical (unpaired) electrons. The van der Waals surface area contributed by atoms with Crippen molar-refractivity contribution in [3.8, 4) is 11.4 Å². The number of nitrogens with one attached hydrogen (secondary N) is 1. The van der Waals surface area contributed by atoms with Crippen LogP contribution >= 0.6 is 15.9 Å². The number of benzene rings is 1. The highest BCUT2D eigenvalue weighted by atomic mass is 79.9. The number of H-pyrrole nitrogens is 1. The van der Waals surface area contributed by atoms with E-state index in [1.807, 2.05) is 12.1 Å². The van der Waals surface area contributed by atoms with Gasteiger partial charge in [-0.05, 0) is 49.2 Å². The van der Waals surface area contributed by atoms with Crippen LogP contribution in [0.3, 0.4) is 0 Å². The summed E-state index contributed by atoms with van der Waals surface area (Å²) < 4.78 is 1.08. The lowest BCUT2D eigenvalue weighted by atomic mass is 10.1. The lowest BCUT2D eigenvalue weighted by Crippen LogP contribution is -1.85. The molecule has 0 saturated carbocycles. The summed E-state index contributed by atoms with van der Waals surface area (Å²) in [5.41, 5.74) is 5.23. The van der Waals surface area contributed by atoms with E-state index < -0.39 is 0 Å². The molecule has 4 heteroatoms. The fraction of sp³-hybridized carbons (Fsp3) is 0.143. The lowest BCUT2D eigenvalue weighted by Gasteiger charge is -2.02. The summed E-state index contributed by atoms with van der Waals surface area (Å²) in [5, 5.41) is 0. The van der Waals surface area contributed by atoms with Crippen LogP contribution in [-0.4, -0.2) is 15.0 Å². The molecule has 0 aliphatic carbocycles. The number of aromatic amines is 1. The van der Waals surface area contributed by atoms with Crippen LogP contribution in [0.2, 0.25) is 0 Å². The van der Waals surface area contributed by atoms with Crippen molar-refractivity contribution in [2.24, 2.45) is 0 Å². The Kier molecular flexibility index (Phi) is 2.67. The number of aromatic nitrogens is 3. The zero-order valence-corrected chi connectivity index (χ0v) is 11.7. The first kappa shape index (κ1) is 11.4. The topological polar surface area (TPSA) is 41.6 Å². The van der Waals surface area contributed by atoms with Gasteiger partial charge in [0, 0.05) is 16.2 Å². The van der Waals surface area contributed by atoms with Gasteiger partial charge in [0.1, 0.15) is 5.82 Å². The summed E-state index contributed by atoms with van der Waals surface area (Å²) in [4.78, 5) is 12.2. The molecule has 18 heavy (non-hydrogen) atoms. The molecule has 0 spiro atoms. The maximum atomic E-state index is 4.55. The first-order valence-electron chi connectivity index (χ1n) is 5.73. The third-order valence-electron chi connectivity index (χ3n) is 3.04. The molecule has 0 saturated heterocycles. The van der Waals surface area contributed by atoms with Crippen LogP contribution in [0.25, 0.3) is 22.6 Å². The van der Waals surface area contributed by atoms with Crippen LogP contribution in [0.4, 0.5) is 0 Å². The summed E-state index contributed by atoms with van der Waals surface area (Å²) >= 11 is 3.47. The summed E-state index contributed by atoms with van der Waals surface area (Å²) in [7, 11) is 0. The van der Waals surface area contributed by atoms with Crippen molar-refractivity contribution in [2.45, 2.75) is 13.8 Å². The number of hydrogen-bond donors (Lipinski definition) is 1. The van der Waals surface area contributed by atoms with E-state index in [9.17, 15) is 0 Å². The highest BCUT2D eigenvalue weighted by Gasteiger charge is 2.09. The van der Waals surface area contributed by atoms with E-state index in [0.29, 0.717) is 0 Å². The molecule has 3 nitrogen and oxygen atoms in total. The predicted molar refractivity (Wildman–Crippen MR) is 76.5 cm³/mol. The normalized spacial score (nSPS) is 11.1. The minimum atomic E-state index is 0.771. The molecule has 1 aromatic carbocycles. The third-order valence-corrected chi connectivity index (χ3v) is 3.54. The number of rotatable bonds is 1. The van der Waals surface area contributed by atoms with E-state index in [-0.39, 0.29) is 0 Å². The number of fused-ring (bicyclic) bond motifs is 1. The van der Waals surface area contributed by atoms with Crippen molar-refractivity contribution < 1.29 is 0 Å². The Morgan fingerprint density at radius 3 is 2.67 bits per heavy atom. The molecule has 0 unspecified atom stereocenters. The average molecular weight is 302 g/mol. The van der Waals surface area contributed by atoms with Gasteiger partial charge < -0.3 is 4.98 Å². The van der Waals surface area contributed by atoms with Gasteiger partial charge in [-0.3, -0.25) is 0 Å². The largest absolute Gasteiger partial charge is 0.336 e. The summed E-state index contributed by atoms with van der Waals surface area (Å²) in [5.74, 6) is 0.872. The number of hydrogen-bond acceptors (Lipinski definition) is 2. The molecule has 0 atom stereocenters. The van der Waals surface area contributed by atoms with Gasteiger partial charge in [0.25, 0.3) is 0 Å². The third kappa shape index (κ3) is 1.82. The summed E-state index contributed by atoms with van der Waals surface area (Å²) in [6.07, 6.45) is 1.79. The van der Waals surface area contributed by atoms with Gasteiger partial charge in [-0.2, -0.15) is 0 Å². The van der Waals surface area contributed by atoms with Crippen LogP contribution < -0.4 is 0 Å². The van der Waals surface area contributed by atoms with Gasteiger partial charge in [0.2, 0.25) is 0 Å². The van der Waals surface area contributed by atoms with Crippen LogP contribution in [-0.2, 0) is 0 Å². The Morgan fingerprint density at radius 1 is 1.11 bits per heavy atom. The zero-order chi connectivity index (χ0) is 12.7. The van der Waals surface area contributed by atoms with E-state index in [1.54, 1.807) is 6.20 Å². The van der Waals surface area contributed by atoms with Crippen LogP contribution in [0, 0.1) is 13.8 Å². The Hall–Kier alpha value is -1.68. The van der Waals surface area contributed by atoms with Gasteiger partial charge in [0.15, 0.2) is 5.65 Å². The summed E-state index contributed by atoms with van der Waals surface area (Å²) in [6.45, 7) is 4.13. The van der Waals surface area contributed by atoms with Crippen molar-refractivity contribution >= 4 is 27.1 Å². The second-order valence-corrected chi connectivity index (χ2v) is 5.29. The molecule has 0 fully saturated rings. The number of imidazole rings is 1. The number of aryl methyl sites for hydroxylation is 2. The fourth-order valence-electron chi connectivity index (χ4n) is 2.06. The van der Waals surface area contributed by atoms with Gasteiger partial charge >= 0.3 is 0 Å². The lowest BCUT2D eigenvalue weighted by molar-refractivity contribution is 1.28. The molecule has 1 N–H and O–H groups in total. The van der Waals surface area contributed by atoms with E-state index >= 15 is 0 Å². The molecule has 2 heterocycles. The van der Waals surface area contributed by atoms with Gasteiger partial charge in [-0.25, -0.2) is 9.97 Å². The van der Waals surface area contributed by atoms with E-state index in [4.69, 9.17) is 0 Å². The average Bonchev–Trinajstić information content (AvgIpc) is 2.74. The Morgan fingerprint density at radius 2 is 1.94 bits per heavy atom. The van der Waals surface area contributed by atoms with Crippen molar-refractivity contribution in [1.82, 2.24) is 15.0 Å². The van der Waals surface area contributed by atoms with Gasteiger partial charge in [-0.15, -0.1) is 0 Å². The van der Waals surface area contributed by atoms with E-state index in [1.165, 1.54) is 5.56 Å². The molecule has 0 aliphatic heterocycles. The maximum Gasteiger partial charge on any atom is 0.178 e. The van der Waals surface area contributed by atoms with Gasteiger partial charge in [-0.1, -0.05) is 15.9 Å². The van der Waals surface area contributed by atoms with E-state index in [0.717, 1.165) is 32.6 Å². The number of pyridine rings is 1. The fourth-order valence-corrected chi connectivity index (χ4v) is 2.53. The van der Waals surface area contributed by atoms with Crippen molar-refractivity contribution in [3.05, 3.63) is 46.1 Å². The number of halogens is 1. The molecule has 3 aromatic rings. The second kappa shape index (κ2) is 4.21. The molecular formula is C14H12BrN3. The smallest absolute Gasteiger partial charge is 0.178 e. The van der Waals surface area contributed by atoms with Crippen molar-refractivity contribution in [3.63, 3.8) is 0 Å². The standard InChI is InChI=1S/C14H12BrN3/c1-8-5-6-16-14-12(8)17-13(18-14)11-4-3-10(15)7-9(11)2/h3-7H,1-2H3,(H,16,17,18). The first-order chi connectivity index (χ1) is 8.65.